The fraction of sp³-hybridized carbons (Fsp3) is 0.273. The predicted molar refractivity (Wildman–Crippen MR) is 110 cm³/mol. The Morgan fingerprint density at radius 1 is 1.34 bits per heavy atom. The second-order valence-corrected chi connectivity index (χ2v) is 7.49. The first-order chi connectivity index (χ1) is 17.6. The number of alkyl halides is 2. The molecule has 1 fully saturated rings. The van der Waals surface area contributed by atoms with E-state index in [1.54, 1.807) is 0 Å². The molecule has 0 aromatic heterocycles. The molecule has 2 unspecified atom stereocenters. The van der Waals surface area contributed by atoms with Crippen molar-refractivity contribution in [2.75, 3.05) is 0 Å². The van der Waals surface area contributed by atoms with E-state index >= 15 is 0 Å². The summed E-state index contributed by atoms with van der Waals surface area (Å²) in [6, 6.07) is 1.50. The number of hydrogen-bond acceptors (Lipinski definition) is 4. The molecular formula is C22H18ClF2N3O4. The second-order valence-electron chi connectivity index (χ2n) is 7.06. The molecular weight excluding hydrogens is 444 g/mol. The first kappa shape index (κ1) is 15.5. The minimum absolute atomic E-state index is 0.0980. The number of imide groups is 1. The fourth-order valence-corrected chi connectivity index (χ4v) is 3.41. The van der Waals surface area contributed by atoms with Gasteiger partial charge in [0.05, 0.1) is 6.85 Å². The van der Waals surface area contributed by atoms with Crippen LogP contribution in [0.15, 0.2) is 42.4 Å². The largest absolute Gasteiger partial charge is 0.349 e. The van der Waals surface area contributed by atoms with E-state index < -0.39 is 82.7 Å². The molecule has 2 heterocycles. The number of hydrogen-bond donors (Lipinski definition) is 2. The smallest absolute Gasteiger partial charge is 0.346 e. The van der Waals surface area contributed by atoms with Gasteiger partial charge in [-0.15, -0.1) is 0 Å². The van der Waals surface area contributed by atoms with Crippen LogP contribution in [0.2, 0.25) is 6.43 Å². The van der Waals surface area contributed by atoms with Crippen LogP contribution in [0, 0.1) is 0 Å². The Kier molecular flexibility index (Phi) is 4.02. The van der Waals surface area contributed by atoms with Gasteiger partial charge >= 0.3 is 5.92 Å². The van der Waals surface area contributed by atoms with Crippen LogP contribution in [-0.2, 0) is 33.3 Å². The molecule has 1 saturated heterocycles. The maximum atomic E-state index is 14.9. The number of piperidine rings is 1. The fourth-order valence-electron chi connectivity index (χ4n) is 3.29. The van der Waals surface area contributed by atoms with Crippen LogP contribution in [0.25, 0.3) is 0 Å². The van der Waals surface area contributed by atoms with E-state index in [4.69, 9.17) is 19.9 Å². The van der Waals surface area contributed by atoms with Crippen molar-refractivity contribution in [3.05, 3.63) is 69.7 Å². The van der Waals surface area contributed by atoms with Crippen molar-refractivity contribution in [3.63, 3.8) is 0 Å². The lowest BCUT2D eigenvalue weighted by molar-refractivity contribution is -0.147. The summed E-state index contributed by atoms with van der Waals surface area (Å²) in [6.07, 6.45) is -0.227. The zero-order valence-corrected chi connectivity index (χ0v) is 16.9. The standard InChI is InChI=1S/C22H18ClF2N3O4/c23-15-4-2-14(3-5-15)22(24,25)21(32)26-10-12-1-6-16-13(9-12)11-28(20(16)31)17-7-8-18(29)27-19(17)30/h1-6,9,17H,7-8,10-11H2,(H,26,32)(H,27,29,30)/i1D,6D,10D2,11D/hD. The molecule has 166 valence electrons. The van der Waals surface area contributed by atoms with Crippen LogP contribution >= 0.6 is 11.6 Å². The SMILES string of the molecule is [2H]c1c(C([2H])([2H])N([2H])C(=O)C(F)(F)c2ccc(Cl)cc2)cc2c(c1[2H])C(=O)N(C1CCC(=O)NC1=O)C2[2H]. The van der Waals surface area contributed by atoms with Gasteiger partial charge in [-0.1, -0.05) is 35.8 Å². The van der Waals surface area contributed by atoms with Crippen LogP contribution in [0.4, 0.5) is 8.78 Å². The Hall–Kier alpha value is -3.33. The highest BCUT2D eigenvalue weighted by Crippen LogP contribution is 2.30. The summed E-state index contributed by atoms with van der Waals surface area (Å²) in [5.41, 5.74) is -2.54. The summed E-state index contributed by atoms with van der Waals surface area (Å²) in [4.78, 5) is 50.2. The van der Waals surface area contributed by atoms with Crippen molar-refractivity contribution in [2.24, 2.45) is 0 Å². The van der Waals surface area contributed by atoms with Gasteiger partial charge in [0, 0.05) is 35.6 Å². The van der Waals surface area contributed by atoms with Crippen LogP contribution in [0.1, 0.15) is 46.7 Å². The summed E-state index contributed by atoms with van der Waals surface area (Å²) >= 11 is 5.68. The van der Waals surface area contributed by atoms with E-state index in [2.05, 4.69) is 0 Å². The lowest BCUT2D eigenvalue weighted by Gasteiger charge is -2.29. The summed E-state index contributed by atoms with van der Waals surface area (Å²) in [5.74, 6) is -9.04. The highest BCUT2D eigenvalue weighted by Gasteiger charge is 2.41. The number of amides is 4. The van der Waals surface area contributed by atoms with Crippen molar-refractivity contribution in [1.29, 1.82) is 0 Å². The second kappa shape index (κ2) is 8.31. The van der Waals surface area contributed by atoms with Gasteiger partial charge in [0.1, 0.15) is 6.04 Å². The van der Waals surface area contributed by atoms with Crippen LogP contribution in [0.5, 0.6) is 0 Å². The van der Waals surface area contributed by atoms with E-state index in [0.717, 1.165) is 35.2 Å². The van der Waals surface area contributed by atoms with Crippen molar-refractivity contribution < 1.29 is 36.2 Å². The molecule has 32 heavy (non-hydrogen) atoms. The van der Waals surface area contributed by atoms with Gasteiger partial charge in [-0.3, -0.25) is 24.5 Å². The average Bonchev–Trinajstić information content (AvgIpc) is 3.10. The zero-order valence-electron chi connectivity index (χ0n) is 22.1. The molecule has 0 radical (unpaired) electrons. The lowest BCUT2D eigenvalue weighted by Crippen LogP contribution is -2.52. The molecule has 2 aliphatic heterocycles. The topological polar surface area (TPSA) is 95.6 Å². The molecule has 7 nitrogen and oxygen atoms in total. The van der Waals surface area contributed by atoms with E-state index in [9.17, 15) is 28.0 Å². The Morgan fingerprint density at radius 3 is 2.75 bits per heavy atom. The highest BCUT2D eigenvalue weighted by atomic mass is 35.5. The zero-order chi connectivity index (χ0) is 28.3. The van der Waals surface area contributed by atoms with Gasteiger partial charge in [-0.2, -0.15) is 8.78 Å². The average molecular weight is 468 g/mol. The number of nitrogens with one attached hydrogen (secondary N) is 2. The van der Waals surface area contributed by atoms with Gasteiger partial charge in [-0.05, 0) is 35.7 Å². The molecule has 2 aromatic carbocycles. The first-order valence-corrected chi connectivity index (χ1v) is 9.69. The quantitative estimate of drug-likeness (QED) is 0.660. The lowest BCUT2D eigenvalue weighted by atomic mass is 10.0. The molecule has 10 heteroatoms. The number of fused-ring (bicyclic) bond motifs is 1. The number of nitrogens with zero attached hydrogens (tertiary/aromatic N) is 1. The third-order valence-corrected chi connectivity index (χ3v) is 5.19. The predicted octanol–water partition coefficient (Wildman–Crippen LogP) is 2.51. The molecule has 4 rings (SSSR count). The minimum Gasteiger partial charge on any atom is -0.346 e. The van der Waals surface area contributed by atoms with Crippen molar-refractivity contribution in [2.45, 2.75) is 37.8 Å². The Bertz CT molecular complexity index is 1380. The van der Waals surface area contributed by atoms with Gasteiger partial charge in [0.15, 0.2) is 1.41 Å². The molecule has 2 aliphatic rings. The molecule has 0 saturated carbocycles. The van der Waals surface area contributed by atoms with E-state index in [-0.39, 0.29) is 23.4 Å². The number of rotatable bonds is 5. The van der Waals surface area contributed by atoms with Gasteiger partial charge < -0.3 is 10.2 Å². The number of carbonyl (C=O) groups is 4. The number of halogens is 3. The molecule has 0 spiro atoms. The van der Waals surface area contributed by atoms with Crippen LogP contribution < -0.4 is 10.6 Å². The molecule has 2 atom stereocenters. The molecule has 4 amide bonds. The van der Waals surface area contributed by atoms with E-state index in [1.165, 1.54) is 0 Å². The van der Waals surface area contributed by atoms with Crippen molar-refractivity contribution in [1.82, 2.24) is 15.5 Å². The number of benzene rings is 2. The van der Waals surface area contributed by atoms with Gasteiger partial charge in [0.2, 0.25) is 11.8 Å². The summed E-state index contributed by atoms with van der Waals surface area (Å²) in [7, 11) is 0. The molecule has 2 aromatic rings. The third kappa shape index (κ3) is 4.08. The minimum atomic E-state index is -4.36. The molecule has 2 N–H and O–H groups in total. The van der Waals surface area contributed by atoms with E-state index in [0.29, 0.717) is 0 Å². The maximum Gasteiger partial charge on any atom is 0.349 e. The monoisotopic (exact) mass is 467 g/mol. The van der Waals surface area contributed by atoms with Crippen LogP contribution in [0.3, 0.4) is 0 Å². The maximum absolute atomic E-state index is 14.9. The third-order valence-electron chi connectivity index (χ3n) is 4.94. The number of carbonyl (C=O) groups excluding carboxylic acids is 4. The Balaban J connectivity index is 1.72. The first-order valence-electron chi connectivity index (χ1n) is 12.3. The normalized spacial score (nSPS) is 23.8. The molecule has 0 bridgehead atoms. The van der Waals surface area contributed by atoms with E-state index in [1.807, 2.05) is 5.32 Å². The summed E-state index contributed by atoms with van der Waals surface area (Å²) in [5, 5.41) is 1.49. The summed E-state index contributed by atoms with van der Waals surface area (Å²) in [6.45, 7) is -5.08. The van der Waals surface area contributed by atoms with Crippen LogP contribution in [-0.4, -0.2) is 34.6 Å². The van der Waals surface area contributed by atoms with Gasteiger partial charge in [-0.25, -0.2) is 0 Å². The van der Waals surface area contributed by atoms with Gasteiger partial charge in [0.25, 0.3) is 11.8 Å². The van der Waals surface area contributed by atoms with Crippen molar-refractivity contribution in [3.8, 4) is 0 Å². The highest BCUT2D eigenvalue weighted by molar-refractivity contribution is 6.30. The Morgan fingerprint density at radius 2 is 2.06 bits per heavy atom. The summed E-state index contributed by atoms with van der Waals surface area (Å²) < 4.78 is 79.1. The molecule has 0 aliphatic carbocycles. The van der Waals surface area contributed by atoms with Crippen molar-refractivity contribution >= 4 is 35.2 Å². The Labute approximate surface area is 195 Å².